The summed E-state index contributed by atoms with van der Waals surface area (Å²) in [5.74, 6) is -2.04. The van der Waals surface area contributed by atoms with Crippen LogP contribution in [-0.2, 0) is 16.0 Å². The van der Waals surface area contributed by atoms with E-state index < -0.39 is 17.9 Å². The van der Waals surface area contributed by atoms with Gasteiger partial charge in [-0.1, -0.05) is 19.1 Å². The summed E-state index contributed by atoms with van der Waals surface area (Å²) in [6.45, 7) is 1.58. The number of carboxylic acids is 1. The molecule has 1 unspecified atom stereocenters. The van der Waals surface area contributed by atoms with Crippen LogP contribution in [0.5, 0.6) is 0 Å². The summed E-state index contributed by atoms with van der Waals surface area (Å²) >= 11 is 0. The Morgan fingerprint density at radius 2 is 2.12 bits per heavy atom. The molecule has 1 aromatic rings. The molecule has 0 amide bonds. The number of methoxy groups -OCH3 is 1. The van der Waals surface area contributed by atoms with Crippen LogP contribution in [0.3, 0.4) is 0 Å². The van der Waals surface area contributed by atoms with E-state index in [4.69, 9.17) is 10.8 Å². The molecule has 0 aliphatic heterocycles. The molecule has 0 aliphatic rings. The quantitative estimate of drug-likeness (QED) is 0.609. The summed E-state index contributed by atoms with van der Waals surface area (Å²) in [7, 11) is 1.26. The molecule has 5 nitrogen and oxygen atoms in total. The van der Waals surface area contributed by atoms with Crippen molar-refractivity contribution in [1.29, 1.82) is 0 Å². The average molecular weight is 237 g/mol. The number of carboxylic acid groups (broad SMARTS) is 1. The fraction of sp³-hybridized carbons (Fsp3) is 0.333. The molecule has 92 valence electrons. The highest BCUT2D eigenvalue weighted by Crippen LogP contribution is 2.21. The Labute approximate surface area is 99.2 Å². The van der Waals surface area contributed by atoms with Gasteiger partial charge in [-0.25, -0.2) is 4.79 Å². The smallest absolute Gasteiger partial charge is 0.340 e. The Morgan fingerprint density at radius 1 is 1.47 bits per heavy atom. The Balaban J connectivity index is 3.11. The standard InChI is InChI=1S/C12H15NO4/c1-7(11(14)15)6-8-4-3-5-9(13)10(8)12(16)17-2/h3-5,7H,6,13H2,1-2H3,(H,14,15). The van der Waals surface area contributed by atoms with Crippen LogP contribution in [0.4, 0.5) is 5.69 Å². The summed E-state index contributed by atoms with van der Waals surface area (Å²) in [5.41, 5.74) is 6.84. The zero-order valence-electron chi connectivity index (χ0n) is 9.77. The maximum Gasteiger partial charge on any atom is 0.340 e. The number of benzene rings is 1. The maximum absolute atomic E-state index is 11.6. The van der Waals surface area contributed by atoms with E-state index in [1.807, 2.05) is 0 Å². The molecule has 17 heavy (non-hydrogen) atoms. The number of carbonyl (C=O) groups excluding carboxylic acids is 1. The number of aliphatic carboxylic acids is 1. The number of carbonyl (C=O) groups is 2. The highest BCUT2D eigenvalue weighted by Gasteiger charge is 2.19. The molecule has 1 aromatic carbocycles. The first-order valence-electron chi connectivity index (χ1n) is 5.15. The molecule has 1 rings (SSSR count). The lowest BCUT2D eigenvalue weighted by Crippen LogP contribution is -2.16. The second kappa shape index (κ2) is 5.34. The van der Waals surface area contributed by atoms with Crippen molar-refractivity contribution in [3.8, 4) is 0 Å². The number of nitrogen functional groups attached to an aromatic ring is 1. The molecule has 0 saturated heterocycles. The molecular weight excluding hydrogens is 222 g/mol. The first-order chi connectivity index (χ1) is 7.97. The van der Waals surface area contributed by atoms with Crippen LogP contribution < -0.4 is 5.73 Å². The van der Waals surface area contributed by atoms with E-state index in [9.17, 15) is 9.59 Å². The Morgan fingerprint density at radius 3 is 2.65 bits per heavy atom. The van der Waals surface area contributed by atoms with E-state index in [0.29, 0.717) is 11.3 Å². The summed E-state index contributed by atoms with van der Waals surface area (Å²) in [6, 6.07) is 4.95. The predicted molar refractivity (Wildman–Crippen MR) is 62.7 cm³/mol. The van der Waals surface area contributed by atoms with E-state index in [2.05, 4.69) is 4.74 Å². The average Bonchev–Trinajstić information content (AvgIpc) is 2.28. The molecular formula is C12H15NO4. The highest BCUT2D eigenvalue weighted by molar-refractivity contribution is 5.96. The second-order valence-corrected chi connectivity index (χ2v) is 3.82. The zero-order valence-corrected chi connectivity index (χ0v) is 9.77. The monoisotopic (exact) mass is 237 g/mol. The van der Waals surface area contributed by atoms with Gasteiger partial charge in [-0.3, -0.25) is 4.79 Å². The first-order valence-corrected chi connectivity index (χ1v) is 5.15. The van der Waals surface area contributed by atoms with Crippen LogP contribution in [0.25, 0.3) is 0 Å². The SMILES string of the molecule is COC(=O)c1c(N)cccc1CC(C)C(=O)O. The minimum atomic E-state index is -0.914. The molecule has 0 aromatic heterocycles. The van der Waals surface area contributed by atoms with Crippen molar-refractivity contribution in [2.24, 2.45) is 5.92 Å². The van der Waals surface area contributed by atoms with Crippen LogP contribution in [0, 0.1) is 5.92 Å². The van der Waals surface area contributed by atoms with Crippen molar-refractivity contribution >= 4 is 17.6 Å². The molecule has 0 heterocycles. The summed E-state index contributed by atoms with van der Waals surface area (Å²) in [4.78, 5) is 22.3. The minimum Gasteiger partial charge on any atom is -0.481 e. The number of nitrogens with two attached hydrogens (primary N) is 1. The van der Waals surface area contributed by atoms with Gasteiger partial charge >= 0.3 is 11.9 Å². The Hall–Kier alpha value is -2.04. The van der Waals surface area contributed by atoms with Crippen LogP contribution >= 0.6 is 0 Å². The third-order valence-electron chi connectivity index (χ3n) is 2.52. The van der Waals surface area contributed by atoms with E-state index in [1.54, 1.807) is 25.1 Å². The molecule has 1 atom stereocenters. The number of rotatable bonds is 4. The van der Waals surface area contributed by atoms with Crippen molar-refractivity contribution < 1.29 is 19.4 Å². The maximum atomic E-state index is 11.6. The molecule has 3 N–H and O–H groups in total. The lowest BCUT2D eigenvalue weighted by atomic mass is 9.96. The van der Waals surface area contributed by atoms with Crippen molar-refractivity contribution in [3.05, 3.63) is 29.3 Å². The van der Waals surface area contributed by atoms with Gasteiger partial charge in [-0.05, 0) is 18.1 Å². The molecule has 0 fully saturated rings. The molecule has 0 radical (unpaired) electrons. The van der Waals surface area contributed by atoms with Crippen molar-refractivity contribution in [1.82, 2.24) is 0 Å². The van der Waals surface area contributed by atoms with Crippen LogP contribution in [-0.4, -0.2) is 24.2 Å². The number of esters is 1. The lowest BCUT2D eigenvalue weighted by molar-refractivity contribution is -0.141. The van der Waals surface area contributed by atoms with Gasteiger partial charge < -0.3 is 15.6 Å². The van der Waals surface area contributed by atoms with Gasteiger partial charge in [0.15, 0.2) is 0 Å². The van der Waals surface area contributed by atoms with Crippen molar-refractivity contribution in [2.75, 3.05) is 12.8 Å². The van der Waals surface area contributed by atoms with Gasteiger partial charge in [0.25, 0.3) is 0 Å². The van der Waals surface area contributed by atoms with E-state index in [-0.39, 0.29) is 12.0 Å². The van der Waals surface area contributed by atoms with Gasteiger partial charge in [0, 0.05) is 5.69 Å². The predicted octanol–water partition coefficient (Wildman–Crippen LogP) is 1.32. The Kier molecular flexibility index (Phi) is 4.09. The van der Waals surface area contributed by atoms with Crippen LogP contribution in [0.15, 0.2) is 18.2 Å². The number of hydrogen-bond acceptors (Lipinski definition) is 4. The summed E-state index contributed by atoms with van der Waals surface area (Å²) < 4.78 is 4.63. The topological polar surface area (TPSA) is 89.6 Å². The van der Waals surface area contributed by atoms with Gasteiger partial charge in [0.2, 0.25) is 0 Å². The Bertz CT molecular complexity index is 442. The van der Waals surface area contributed by atoms with Gasteiger partial charge in [0.05, 0.1) is 18.6 Å². The summed E-state index contributed by atoms with van der Waals surface area (Å²) in [6.07, 6.45) is 0.241. The van der Waals surface area contributed by atoms with Crippen molar-refractivity contribution in [3.63, 3.8) is 0 Å². The largest absolute Gasteiger partial charge is 0.481 e. The first kappa shape index (κ1) is 13.0. The van der Waals surface area contributed by atoms with Gasteiger partial charge in [-0.15, -0.1) is 0 Å². The molecule has 0 saturated carbocycles. The molecule has 0 spiro atoms. The third-order valence-corrected chi connectivity index (χ3v) is 2.52. The van der Waals surface area contributed by atoms with E-state index in [1.165, 1.54) is 7.11 Å². The third kappa shape index (κ3) is 2.96. The molecule has 5 heteroatoms. The van der Waals surface area contributed by atoms with Crippen molar-refractivity contribution in [2.45, 2.75) is 13.3 Å². The minimum absolute atomic E-state index is 0.241. The number of hydrogen-bond donors (Lipinski definition) is 2. The molecule has 0 bridgehead atoms. The normalized spacial score (nSPS) is 11.9. The fourth-order valence-electron chi connectivity index (χ4n) is 1.56. The fourth-order valence-corrected chi connectivity index (χ4v) is 1.56. The van der Waals surface area contributed by atoms with E-state index >= 15 is 0 Å². The molecule has 0 aliphatic carbocycles. The van der Waals surface area contributed by atoms with Gasteiger partial charge in [-0.2, -0.15) is 0 Å². The number of ether oxygens (including phenoxy) is 1. The van der Waals surface area contributed by atoms with E-state index in [0.717, 1.165) is 0 Å². The van der Waals surface area contributed by atoms with Gasteiger partial charge in [0.1, 0.15) is 0 Å². The zero-order chi connectivity index (χ0) is 13.0. The van der Waals surface area contributed by atoms with Crippen LogP contribution in [0.2, 0.25) is 0 Å². The second-order valence-electron chi connectivity index (χ2n) is 3.82. The van der Waals surface area contributed by atoms with Crippen LogP contribution in [0.1, 0.15) is 22.8 Å². The highest BCUT2D eigenvalue weighted by atomic mass is 16.5. The summed E-state index contributed by atoms with van der Waals surface area (Å²) in [5, 5.41) is 8.85. The number of anilines is 1. The lowest BCUT2D eigenvalue weighted by Gasteiger charge is -2.12.